The molecular weight excluding hydrogens is 462 g/mol. The Morgan fingerprint density at radius 2 is 1.92 bits per heavy atom. The number of rotatable bonds is 12. The van der Waals surface area contributed by atoms with Crippen LogP contribution in [0.4, 0.5) is 4.79 Å². The largest absolute Gasteiger partial charge is 0.493 e. The second kappa shape index (κ2) is 13.8. The topological polar surface area (TPSA) is 89.6 Å². The summed E-state index contributed by atoms with van der Waals surface area (Å²) >= 11 is 0. The number of benzene rings is 1. The maximum atomic E-state index is 13.6. The number of carbonyl (C=O) groups is 2. The summed E-state index contributed by atoms with van der Waals surface area (Å²) < 4.78 is 21.9. The second-order valence-corrected chi connectivity index (χ2v) is 10.2. The highest BCUT2D eigenvalue weighted by Gasteiger charge is 2.33. The van der Waals surface area contributed by atoms with Crippen LogP contribution in [0.15, 0.2) is 18.2 Å². The third kappa shape index (κ3) is 7.82. The Bertz CT molecular complexity index is 858. The first kappa shape index (κ1) is 28.2. The molecule has 0 spiro atoms. The Labute approximate surface area is 215 Å². The van der Waals surface area contributed by atoms with Crippen LogP contribution < -0.4 is 10.1 Å². The number of nitrogens with zero attached hydrogens (tertiary/aromatic N) is 2. The molecule has 0 saturated carbocycles. The fraction of sp³-hybridized carbons (Fsp3) is 0.704. The van der Waals surface area contributed by atoms with Gasteiger partial charge < -0.3 is 34.1 Å². The van der Waals surface area contributed by atoms with Crippen LogP contribution in [-0.4, -0.2) is 101 Å². The van der Waals surface area contributed by atoms with Crippen LogP contribution in [0.2, 0.25) is 0 Å². The molecule has 1 aromatic rings. The molecule has 3 atom stereocenters. The highest BCUT2D eigenvalue weighted by atomic mass is 16.6. The Morgan fingerprint density at radius 3 is 2.58 bits per heavy atom. The van der Waals surface area contributed by atoms with E-state index in [0.717, 1.165) is 37.2 Å². The number of ether oxygens (including phenoxy) is 4. The number of hydrogen-bond acceptors (Lipinski definition) is 7. The fourth-order valence-electron chi connectivity index (χ4n) is 4.70. The van der Waals surface area contributed by atoms with Crippen molar-refractivity contribution in [3.8, 4) is 5.75 Å². The van der Waals surface area contributed by atoms with E-state index in [0.29, 0.717) is 45.1 Å². The molecule has 2 amide bonds. The van der Waals surface area contributed by atoms with Gasteiger partial charge in [-0.1, -0.05) is 6.07 Å². The molecule has 1 aromatic carbocycles. The van der Waals surface area contributed by atoms with Gasteiger partial charge in [-0.15, -0.1) is 0 Å². The first-order chi connectivity index (χ1) is 17.3. The van der Waals surface area contributed by atoms with E-state index in [1.165, 1.54) is 0 Å². The van der Waals surface area contributed by atoms with Gasteiger partial charge in [-0.2, -0.15) is 0 Å². The molecule has 9 nitrogen and oxygen atoms in total. The van der Waals surface area contributed by atoms with Gasteiger partial charge in [0.15, 0.2) is 0 Å². The molecule has 36 heavy (non-hydrogen) atoms. The van der Waals surface area contributed by atoms with Crippen LogP contribution in [0.5, 0.6) is 5.75 Å². The zero-order valence-electron chi connectivity index (χ0n) is 22.5. The minimum Gasteiger partial charge on any atom is -0.493 e. The van der Waals surface area contributed by atoms with Crippen molar-refractivity contribution in [3.63, 3.8) is 0 Å². The summed E-state index contributed by atoms with van der Waals surface area (Å²) in [5.74, 6) is 1.19. The average Bonchev–Trinajstić information content (AvgIpc) is 3.52. The number of carbonyl (C=O) groups excluding carboxylic acids is 2. The van der Waals surface area contributed by atoms with Crippen molar-refractivity contribution in [2.45, 2.75) is 45.8 Å². The molecule has 0 radical (unpaired) electrons. The van der Waals surface area contributed by atoms with Gasteiger partial charge in [-0.05, 0) is 50.3 Å². The molecule has 202 valence electrons. The van der Waals surface area contributed by atoms with Gasteiger partial charge in [-0.25, -0.2) is 4.79 Å². The smallest absolute Gasteiger partial charge is 0.409 e. The van der Waals surface area contributed by atoms with Gasteiger partial charge in [0.2, 0.25) is 0 Å². The summed E-state index contributed by atoms with van der Waals surface area (Å²) in [6.45, 7) is 11.2. The monoisotopic (exact) mass is 505 g/mol. The molecule has 0 unspecified atom stereocenters. The molecule has 2 heterocycles. The van der Waals surface area contributed by atoms with Crippen LogP contribution in [0.1, 0.15) is 42.6 Å². The van der Waals surface area contributed by atoms with E-state index >= 15 is 0 Å². The van der Waals surface area contributed by atoms with Gasteiger partial charge in [-0.3, -0.25) is 4.79 Å². The SMILES string of the molecule is COCCCOc1cc(C(=O)N(C[C@@H]2CNC[C@H]2CN(C)C(=O)O[C@H]2CCOC2)C(C)C)ccc1C. The third-order valence-corrected chi connectivity index (χ3v) is 6.96. The van der Waals surface area contributed by atoms with Crippen molar-refractivity contribution in [2.24, 2.45) is 11.8 Å². The minimum atomic E-state index is -0.314. The molecule has 0 bridgehead atoms. The van der Waals surface area contributed by atoms with Gasteiger partial charge in [0.1, 0.15) is 11.9 Å². The summed E-state index contributed by atoms with van der Waals surface area (Å²) in [5, 5.41) is 3.45. The zero-order valence-corrected chi connectivity index (χ0v) is 22.5. The number of amides is 2. The van der Waals surface area contributed by atoms with E-state index in [1.54, 1.807) is 19.1 Å². The molecule has 0 aliphatic carbocycles. The standard InChI is InChI=1S/C27H43N3O6/c1-19(2)30(26(31)21-8-7-20(3)25(13-21)35-11-6-10-33-5)17-23-15-28-14-22(23)16-29(4)27(32)36-24-9-12-34-18-24/h7-8,13,19,22-24,28H,6,9-12,14-18H2,1-5H3/t22-,23-,24-/m0/s1. The van der Waals surface area contributed by atoms with E-state index in [2.05, 4.69) is 5.32 Å². The highest BCUT2D eigenvalue weighted by molar-refractivity contribution is 5.95. The van der Waals surface area contributed by atoms with Crippen LogP contribution >= 0.6 is 0 Å². The van der Waals surface area contributed by atoms with Crippen molar-refractivity contribution in [1.82, 2.24) is 15.1 Å². The fourth-order valence-corrected chi connectivity index (χ4v) is 4.70. The van der Waals surface area contributed by atoms with Crippen LogP contribution in [0.25, 0.3) is 0 Å². The lowest BCUT2D eigenvalue weighted by atomic mass is 9.94. The van der Waals surface area contributed by atoms with Crippen LogP contribution in [0.3, 0.4) is 0 Å². The molecule has 9 heteroatoms. The van der Waals surface area contributed by atoms with Crippen molar-refractivity contribution < 1.29 is 28.5 Å². The highest BCUT2D eigenvalue weighted by Crippen LogP contribution is 2.25. The maximum Gasteiger partial charge on any atom is 0.409 e. The van der Waals surface area contributed by atoms with Crippen molar-refractivity contribution in [1.29, 1.82) is 0 Å². The Balaban J connectivity index is 1.61. The van der Waals surface area contributed by atoms with Crippen molar-refractivity contribution in [3.05, 3.63) is 29.3 Å². The summed E-state index contributed by atoms with van der Waals surface area (Å²) in [5.41, 5.74) is 1.62. The number of hydrogen-bond donors (Lipinski definition) is 1. The molecule has 2 aliphatic heterocycles. The lowest BCUT2D eigenvalue weighted by Gasteiger charge is -2.33. The summed E-state index contributed by atoms with van der Waals surface area (Å²) in [6, 6.07) is 5.69. The second-order valence-electron chi connectivity index (χ2n) is 10.2. The molecule has 2 fully saturated rings. The summed E-state index contributed by atoms with van der Waals surface area (Å²) in [4.78, 5) is 29.7. The first-order valence-corrected chi connectivity index (χ1v) is 13.0. The number of methoxy groups -OCH3 is 1. The zero-order chi connectivity index (χ0) is 26.1. The minimum absolute atomic E-state index is 0.00797. The van der Waals surface area contributed by atoms with E-state index in [-0.39, 0.29) is 36.0 Å². The van der Waals surface area contributed by atoms with Gasteiger partial charge in [0.25, 0.3) is 5.91 Å². The van der Waals surface area contributed by atoms with Crippen molar-refractivity contribution in [2.75, 3.05) is 66.8 Å². The molecular formula is C27H43N3O6. The molecule has 1 N–H and O–H groups in total. The van der Waals surface area contributed by atoms with Gasteiger partial charge in [0.05, 0.1) is 19.8 Å². The van der Waals surface area contributed by atoms with Gasteiger partial charge in [0, 0.05) is 71.4 Å². The van der Waals surface area contributed by atoms with Crippen LogP contribution in [-0.2, 0) is 14.2 Å². The van der Waals surface area contributed by atoms with E-state index < -0.39 is 0 Å². The lowest BCUT2D eigenvalue weighted by molar-refractivity contribution is 0.0529. The lowest BCUT2D eigenvalue weighted by Crippen LogP contribution is -2.44. The predicted octanol–water partition coefficient (Wildman–Crippen LogP) is 2.95. The third-order valence-electron chi connectivity index (χ3n) is 6.96. The van der Waals surface area contributed by atoms with E-state index in [1.807, 2.05) is 43.9 Å². The average molecular weight is 506 g/mol. The predicted molar refractivity (Wildman–Crippen MR) is 138 cm³/mol. The van der Waals surface area contributed by atoms with E-state index in [4.69, 9.17) is 18.9 Å². The van der Waals surface area contributed by atoms with Gasteiger partial charge >= 0.3 is 6.09 Å². The normalized spacial score (nSPS) is 21.6. The Hall–Kier alpha value is -2.36. The number of aryl methyl sites for hydroxylation is 1. The molecule has 2 saturated heterocycles. The quantitative estimate of drug-likeness (QED) is 0.437. The van der Waals surface area contributed by atoms with Crippen molar-refractivity contribution >= 4 is 12.0 Å². The van der Waals surface area contributed by atoms with Crippen LogP contribution in [0, 0.1) is 18.8 Å². The van der Waals surface area contributed by atoms with E-state index in [9.17, 15) is 9.59 Å². The molecule has 0 aromatic heterocycles. The Kier molecular flexibility index (Phi) is 10.8. The maximum absolute atomic E-state index is 13.6. The first-order valence-electron chi connectivity index (χ1n) is 13.0. The summed E-state index contributed by atoms with van der Waals surface area (Å²) in [6.07, 6.45) is 1.07. The summed E-state index contributed by atoms with van der Waals surface area (Å²) in [7, 11) is 3.45. The molecule has 2 aliphatic rings. The Morgan fingerprint density at radius 1 is 1.17 bits per heavy atom. The number of nitrogens with one attached hydrogen (secondary N) is 1. The molecule has 3 rings (SSSR count).